The zero-order valence-electron chi connectivity index (χ0n) is 12.3. The second-order valence-corrected chi connectivity index (χ2v) is 4.96. The minimum atomic E-state index is 0.233. The van der Waals surface area contributed by atoms with Gasteiger partial charge in [0.25, 0.3) is 0 Å². The van der Waals surface area contributed by atoms with Crippen LogP contribution in [0.3, 0.4) is 0 Å². The zero-order chi connectivity index (χ0) is 13.9. The fourth-order valence-electron chi connectivity index (χ4n) is 1.94. The molecule has 0 aliphatic rings. The average Bonchev–Trinajstić information content (AvgIpc) is 2.45. The number of unbranched alkanes of at least 4 members (excludes halogenated alkanes) is 4. The summed E-state index contributed by atoms with van der Waals surface area (Å²) in [4.78, 5) is 11.8. The largest absolute Gasteiger partial charge is 0.494 e. The molecule has 1 aromatic rings. The number of Topliss-reactive ketones (excluding diaryl/α,β-unsaturated/α-hetero) is 1. The van der Waals surface area contributed by atoms with Gasteiger partial charge in [0, 0.05) is 12.0 Å². The van der Waals surface area contributed by atoms with Crippen LogP contribution in [0, 0.1) is 0 Å². The van der Waals surface area contributed by atoms with E-state index in [-0.39, 0.29) is 5.78 Å². The maximum absolute atomic E-state index is 11.8. The Kier molecular flexibility index (Phi) is 7.95. The van der Waals surface area contributed by atoms with E-state index in [0.717, 1.165) is 37.2 Å². The number of benzene rings is 1. The molecule has 0 bridgehead atoms. The molecule has 0 aliphatic heterocycles. The summed E-state index contributed by atoms with van der Waals surface area (Å²) in [6, 6.07) is 7.55. The highest BCUT2D eigenvalue weighted by Crippen LogP contribution is 2.15. The van der Waals surface area contributed by atoms with Gasteiger partial charge in [-0.3, -0.25) is 4.79 Å². The van der Waals surface area contributed by atoms with Crippen molar-refractivity contribution in [2.24, 2.45) is 0 Å². The molecule has 0 saturated carbocycles. The second-order valence-electron chi connectivity index (χ2n) is 4.96. The summed E-state index contributed by atoms with van der Waals surface area (Å²) in [6.45, 7) is 5.07. The molecule has 0 N–H and O–H groups in total. The van der Waals surface area contributed by atoms with Crippen molar-refractivity contribution in [3.63, 3.8) is 0 Å². The van der Waals surface area contributed by atoms with Gasteiger partial charge < -0.3 is 4.74 Å². The number of ether oxygens (including phenoxy) is 1. The van der Waals surface area contributed by atoms with Gasteiger partial charge in [-0.25, -0.2) is 0 Å². The number of carbonyl (C=O) groups is 1. The fraction of sp³-hybridized carbons (Fsp3) is 0.588. The van der Waals surface area contributed by atoms with Crippen molar-refractivity contribution in [2.75, 3.05) is 6.61 Å². The molecule has 2 nitrogen and oxygen atoms in total. The molecular weight excluding hydrogens is 236 g/mol. The molecule has 0 heterocycles. The SMILES string of the molecule is CCCCCCOc1ccc(C(=O)CCCC)cc1. The smallest absolute Gasteiger partial charge is 0.162 e. The summed E-state index contributed by atoms with van der Waals surface area (Å²) in [6.07, 6.45) is 7.52. The van der Waals surface area contributed by atoms with Crippen molar-refractivity contribution in [3.05, 3.63) is 29.8 Å². The highest BCUT2D eigenvalue weighted by molar-refractivity contribution is 5.96. The van der Waals surface area contributed by atoms with E-state index in [1.165, 1.54) is 19.3 Å². The number of rotatable bonds is 10. The lowest BCUT2D eigenvalue weighted by Crippen LogP contribution is -2.00. The van der Waals surface area contributed by atoms with Crippen LogP contribution in [0.2, 0.25) is 0 Å². The summed E-state index contributed by atoms with van der Waals surface area (Å²) in [5, 5.41) is 0. The zero-order valence-corrected chi connectivity index (χ0v) is 12.3. The third-order valence-corrected chi connectivity index (χ3v) is 3.20. The molecule has 0 aliphatic carbocycles. The molecule has 0 saturated heterocycles. The van der Waals surface area contributed by atoms with Gasteiger partial charge >= 0.3 is 0 Å². The van der Waals surface area contributed by atoms with Gasteiger partial charge in [0.15, 0.2) is 5.78 Å². The first-order valence-corrected chi connectivity index (χ1v) is 7.54. The molecule has 19 heavy (non-hydrogen) atoms. The number of hydrogen-bond donors (Lipinski definition) is 0. The maximum Gasteiger partial charge on any atom is 0.162 e. The van der Waals surface area contributed by atoms with Crippen LogP contribution in [0.25, 0.3) is 0 Å². The summed E-state index contributed by atoms with van der Waals surface area (Å²) in [5.41, 5.74) is 0.798. The van der Waals surface area contributed by atoms with Crippen LogP contribution >= 0.6 is 0 Å². The molecule has 1 aromatic carbocycles. The van der Waals surface area contributed by atoms with Gasteiger partial charge in [0.2, 0.25) is 0 Å². The van der Waals surface area contributed by atoms with E-state index in [4.69, 9.17) is 4.74 Å². The van der Waals surface area contributed by atoms with Crippen molar-refractivity contribution >= 4 is 5.78 Å². The van der Waals surface area contributed by atoms with Gasteiger partial charge in [0.1, 0.15) is 5.75 Å². The van der Waals surface area contributed by atoms with Crippen LogP contribution in [-0.4, -0.2) is 12.4 Å². The van der Waals surface area contributed by atoms with Gasteiger partial charge in [-0.15, -0.1) is 0 Å². The molecule has 0 radical (unpaired) electrons. The molecule has 0 unspecified atom stereocenters. The van der Waals surface area contributed by atoms with E-state index in [9.17, 15) is 4.79 Å². The third kappa shape index (κ3) is 6.42. The minimum absolute atomic E-state index is 0.233. The Morgan fingerprint density at radius 2 is 1.63 bits per heavy atom. The Hall–Kier alpha value is -1.31. The van der Waals surface area contributed by atoms with E-state index in [1.807, 2.05) is 24.3 Å². The monoisotopic (exact) mass is 262 g/mol. The Balaban J connectivity index is 2.32. The van der Waals surface area contributed by atoms with Crippen LogP contribution in [0.4, 0.5) is 0 Å². The fourth-order valence-corrected chi connectivity index (χ4v) is 1.94. The quantitative estimate of drug-likeness (QED) is 0.437. The molecule has 0 fully saturated rings. The Morgan fingerprint density at radius 1 is 0.947 bits per heavy atom. The van der Waals surface area contributed by atoms with Gasteiger partial charge in [-0.2, -0.15) is 0 Å². The topological polar surface area (TPSA) is 26.3 Å². The Morgan fingerprint density at radius 3 is 2.26 bits per heavy atom. The molecular formula is C17H26O2. The van der Waals surface area contributed by atoms with Gasteiger partial charge in [0.05, 0.1) is 6.61 Å². The number of hydrogen-bond acceptors (Lipinski definition) is 2. The molecule has 0 spiro atoms. The van der Waals surface area contributed by atoms with Crippen LogP contribution in [0.15, 0.2) is 24.3 Å². The van der Waals surface area contributed by atoms with Crippen molar-refractivity contribution in [1.29, 1.82) is 0 Å². The predicted molar refractivity (Wildman–Crippen MR) is 79.9 cm³/mol. The first kappa shape index (κ1) is 15.7. The summed E-state index contributed by atoms with van der Waals surface area (Å²) in [5.74, 6) is 1.10. The first-order valence-electron chi connectivity index (χ1n) is 7.54. The minimum Gasteiger partial charge on any atom is -0.494 e. The molecule has 0 atom stereocenters. The van der Waals surface area contributed by atoms with E-state index in [0.29, 0.717) is 6.42 Å². The lowest BCUT2D eigenvalue weighted by Gasteiger charge is -2.06. The van der Waals surface area contributed by atoms with Crippen molar-refractivity contribution in [2.45, 2.75) is 58.8 Å². The number of ketones is 1. The van der Waals surface area contributed by atoms with Crippen LogP contribution in [0.5, 0.6) is 5.75 Å². The van der Waals surface area contributed by atoms with E-state index >= 15 is 0 Å². The molecule has 0 aromatic heterocycles. The molecule has 0 amide bonds. The standard InChI is InChI=1S/C17H26O2/c1-3-5-7-8-14-19-16-12-10-15(11-13-16)17(18)9-6-4-2/h10-13H,3-9,14H2,1-2H3. The molecule has 2 heteroatoms. The van der Waals surface area contributed by atoms with Crippen molar-refractivity contribution < 1.29 is 9.53 Å². The lowest BCUT2D eigenvalue weighted by molar-refractivity contribution is 0.0979. The average molecular weight is 262 g/mol. The van der Waals surface area contributed by atoms with E-state index < -0.39 is 0 Å². The van der Waals surface area contributed by atoms with Gasteiger partial charge in [-0.05, 0) is 37.1 Å². The van der Waals surface area contributed by atoms with Crippen LogP contribution in [-0.2, 0) is 0 Å². The lowest BCUT2D eigenvalue weighted by atomic mass is 10.1. The Labute approximate surface area is 117 Å². The molecule has 106 valence electrons. The molecule has 1 rings (SSSR count). The van der Waals surface area contributed by atoms with Crippen LogP contribution < -0.4 is 4.74 Å². The Bertz CT molecular complexity index is 354. The normalized spacial score (nSPS) is 10.4. The second kappa shape index (κ2) is 9.60. The first-order chi connectivity index (χ1) is 9.27. The third-order valence-electron chi connectivity index (χ3n) is 3.20. The highest BCUT2D eigenvalue weighted by Gasteiger charge is 2.04. The number of carbonyl (C=O) groups excluding carboxylic acids is 1. The summed E-state index contributed by atoms with van der Waals surface area (Å²) < 4.78 is 5.66. The highest BCUT2D eigenvalue weighted by atomic mass is 16.5. The van der Waals surface area contributed by atoms with Crippen LogP contribution in [0.1, 0.15) is 69.2 Å². The van der Waals surface area contributed by atoms with E-state index in [2.05, 4.69) is 13.8 Å². The van der Waals surface area contributed by atoms with Crippen molar-refractivity contribution in [1.82, 2.24) is 0 Å². The predicted octanol–water partition coefficient (Wildman–Crippen LogP) is 5.02. The van der Waals surface area contributed by atoms with Gasteiger partial charge in [-0.1, -0.05) is 39.5 Å². The van der Waals surface area contributed by atoms with E-state index in [1.54, 1.807) is 0 Å². The summed E-state index contributed by atoms with van der Waals surface area (Å²) in [7, 11) is 0. The summed E-state index contributed by atoms with van der Waals surface area (Å²) >= 11 is 0. The maximum atomic E-state index is 11.8. The van der Waals surface area contributed by atoms with Crippen molar-refractivity contribution in [3.8, 4) is 5.75 Å².